The summed E-state index contributed by atoms with van der Waals surface area (Å²) in [5.74, 6) is -0.729. The van der Waals surface area contributed by atoms with Gasteiger partial charge < -0.3 is 24.6 Å². The van der Waals surface area contributed by atoms with Gasteiger partial charge in [0, 0.05) is 37.8 Å². The van der Waals surface area contributed by atoms with Crippen LogP contribution in [0.3, 0.4) is 0 Å². The number of likely N-dealkylation sites (tertiary alicyclic amines) is 1. The lowest BCUT2D eigenvalue weighted by Crippen LogP contribution is -2.47. The second-order valence-electron chi connectivity index (χ2n) is 7.68. The first-order valence-corrected chi connectivity index (χ1v) is 10.7. The Morgan fingerprint density at radius 2 is 1.77 bits per heavy atom. The van der Waals surface area contributed by atoms with E-state index in [1.807, 2.05) is 12.1 Å². The number of rotatable bonds is 7. The zero-order chi connectivity index (χ0) is 22.2. The van der Waals surface area contributed by atoms with Gasteiger partial charge in [-0.05, 0) is 43.9 Å². The van der Waals surface area contributed by atoms with E-state index in [0.29, 0.717) is 39.0 Å². The third-order valence-corrected chi connectivity index (χ3v) is 5.42. The fourth-order valence-corrected chi connectivity index (χ4v) is 3.77. The lowest BCUT2D eigenvalue weighted by atomic mass is 10.1. The Bertz CT molecular complexity index is 802. The summed E-state index contributed by atoms with van der Waals surface area (Å²) in [6, 6.07) is 7.17. The highest BCUT2D eigenvalue weighted by atomic mass is 16.6. The second-order valence-corrected chi connectivity index (χ2v) is 7.68. The van der Waals surface area contributed by atoms with Crippen LogP contribution in [0.15, 0.2) is 24.3 Å². The molecule has 2 heterocycles. The summed E-state index contributed by atoms with van der Waals surface area (Å²) in [5.41, 5.74) is 1.58. The molecule has 31 heavy (non-hydrogen) atoms. The lowest BCUT2D eigenvalue weighted by Gasteiger charge is -2.31. The molecule has 9 nitrogen and oxygen atoms in total. The molecule has 1 aromatic rings. The lowest BCUT2D eigenvalue weighted by molar-refractivity contribution is -0.148. The largest absolute Gasteiger partial charge is 0.455 e. The van der Waals surface area contributed by atoms with E-state index in [1.54, 1.807) is 28.9 Å². The van der Waals surface area contributed by atoms with Gasteiger partial charge in [0.25, 0.3) is 5.91 Å². The number of amides is 3. The number of hydrogen-bond donors (Lipinski definition) is 1. The zero-order valence-corrected chi connectivity index (χ0v) is 17.8. The predicted octanol–water partition coefficient (Wildman–Crippen LogP) is 1.64. The molecule has 0 atom stereocenters. The van der Waals surface area contributed by atoms with Gasteiger partial charge in [-0.3, -0.25) is 14.4 Å². The van der Waals surface area contributed by atoms with Crippen molar-refractivity contribution in [1.82, 2.24) is 10.2 Å². The molecule has 3 amide bonds. The minimum absolute atomic E-state index is 0.0550. The molecule has 2 aliphatic heterocycles. The van der Waals surface area contributed by atoms with E-state index in [0.717, 1.165) is 24.2 Å². The van der Waals surface area contributed by atoms with Crippen LogP contribution in [0.4, 0.5) is 10.5 Å². The molecule has 2 saturated heterocycles. The maximum absolute atomic E-state index is 12.1. The molecule has 2 fully saturated rings. The van der Waals surface area contributed by atoms with Crippen molar-refractivity contribution in [2.45, 2.75) is 45.1 Å². The van der Waals surface area contributed by atoms with Gasteiger partial charge >= 0.3 is 12.1 Å². The first-order chi connectivity index (χ1) is 15.0. The second kappa shape index (κ2) is 10.8. The van der Waals surface area contributed by atoms with Crippen molar-refractivity contribution in [2.75, 3.05) is 37.7 Å². The number of benzene rings is 1. The standard InChI is InChI=1S/C22H29N3O6/c1-2-30-22(29)24-12-9-17(10-13-24)23-19(26)15-31-21(28)14-16-5-7-18(8-6-16)25-11-3-4-20(25)27/h5-8,17H,2-4,9-15H2,1H3,(H,23,26). The first-order valence-electron chi connectivity index (χ1n) is 10.7. The summed E-state index contributed by atoms with van der Waals surface area (Å²) in [7, 11) is 0. The molecular formula is C22H29N3O6. The molecular weight excluding hydrogens is 402 g/mol. The minimum Gasteiger partial charge on any atom is -0.455 e. The van der Waals surface area contributed by atoms with Gasteiger partial charge in [0.1, 0.15) is 0 Å². The molecule has 1 N–H and O–H groups in total. The normalized spacial score (nSPS) is 16.9. The van der Waals surface area contributed by atoms with Gasteiger partial charge in [0.2, 0.25) is 5.91 Å². The van der Waals surface area contributed by atoms with Gasteiger partial charge in [-0.1, -0.05) is 12.1 Å². The van der Waals surface area contributed by atoms with Crippen LogP contribution in [0.1, 0.15) is 38.2 Å². The number of ether oxygens (including phenoxy) is 2. The number of anilines is 1. The van der Waals surface area contributed by atoms with E-state index in [9.17, 15) is 19.2 Å². The van der Waals surface area contributed by atoms with Crippen molar-refractivity contribution in [2.24, 2.45) is 0 Å². The van der Waals surface area contributed by atoms with Crippen LogP contribution in [0.25, 0.3) is 0 Å². The maximum atomic E-state index is 12.1. The molecule has 0 saturated carbocycles. The molecule has 0 radical (unpaired) electrons. The topological polar surface area (TPSA) is 105 Å². The van der Waals surface area contributed by atoms with E-state index in [1.165, 1.54) is 0 Å². The number of nitrogens with zero attached hydrogens (tertiary/aromatic N) is 2. The minimum atomic E-state index is -0.489. The molecule has 2 aliphatic rings. The average Bonchev–Trinajstić information content (AvgIpc) is 3.19. The number of carbonyl (C=O) groups is 4. The Morgan fingerprint density at radius 1 is 1.06 bits per heavy atom. The Kier molecular flexibility index (Phi) is 7.86. The Hall–Kier alpha value is -3.10. The van der Waals surface area contributed by atoms with Crippen LogP contribution in [-0.2, 0) is 30.3 Å². The molecule has 9 heteroatoms. The van der Waals surface area contributed by atoms with Gasteiger partial charge in [-0.15, -0.1) is 0 Å². The van der Waals surface area contributed by atoms with Crippen LogP contribution in [-0.4, -0.2) is 67.7 Å². The highest BCUT2D eigenvalue weighted by Gasteiger charge is 2.25. The molecule has 0 bridgehead atoms. The summed E-state index contributed by atoms with van der Waals surface area (Å²) in [6.07, 6.45) is 2.41. The van der Waals surface area contributed by atoms with E-state index in [-0.39, 0.29) is 37.0 Å². The van der Waals surface area contributed by atoms with Crippen molar-refractivity contribution in [3.63, 3.8) is 0 Å². The monoisotopic (exact) mass is 431 g/mol. The van der Waals surface area contributed by atoms with Crippen molar-refractivity contribution in [3.05, 3.63) is 29.8 Å². The third kappa shape index (κ3) is 6.44. The highest BCUT2D eigenvalue weighted by Crippen LogP contribution is 2.21. The fraction of sp³-hybridized carbons (Fsp3) is 0.545. The smallest absolute Gasteiger partial charge is 0.409 e. The zero-order valence-electron chi connectivity index (χ0n) is 17.8. The predicted molar refractivity (Wildman–Crippen MR) is 112 cm³/mol. The summed E-state index contributed by atoms with van der Waals surface area (Å²) in [6.45, 7) is 3.51. The number of nitrogens with one attached hydrogen (secondary N) is 1. The molecule has 1 aromatic carbocycles. The SMILES string of the molecule is CCOC(=O)N1CCC(NC(=O)COC(=O)Cc2ccc(N3CCCC3=O)cc2)CC1. The Morgan fingerprint density at radius 3 is 2.39 bits per heavy atom. The van der Waals surface area contributed by atoms with Crippen molar-refractivity contribution >= 4 is 29.6 Å². The molecule has 0 aromatic heterocycles. The van der Waals surface area contributed by atoms with Crippen molar-refractivity contribution in [3.8, 4) is 0 Å². The third-order valence-electron chi connectivity index (χ3n) is 5.42. The van der Waals surface area contributed by atoms with Gasteiger partial charge in [-0.25, -0.2) is 4.79 Å². The number of esters is 1. The molecule has 168 valence electrons. The quantitative estimate of drug-likeness (QED) is 0.658. The van der Waals surface area contributed by atoms with Gasteiger partial charge in [0.15, 0.2) is 6.61 Å². The molecule has 0 aliphatic carbocycles. The van der Waals surface area contributed by atoms with E-state index in [4.69, 9.17) is 9.47 Å². The summed E-state index contributed by atoms with van der Waals surface area (Å²) in [4.78, 5) is 51.0. The van der Waals surface area contributed by atoms with Crippen LogP contribution >= 0.6 is 0 Å². The number of carbonyl (C=O) groups excluding carboxylic acids is 4. The Labute approximate surface area is 181 Å². The van der Waals surface area contributed by atoms with Crippen molar-refractivity contribution < 1.29 is 28.7 Å². The number of piperidine rings is 1. The highest BCUT2D eigenvalue weighted by molar-refractivity contribution is 5.95. The van der Waals surface area contributed by atoms with Crippen LogP contribution in [0, 0.1) is 0 Å². The summed E-state index contributed by atoms with van der Waals surface area (Å²) >= 11 is 0. The molecule has 3 rings (SSSR count). The van der Waals surface area contributed by atoms with E-state index < -0.39 is 5.97 Å². The fourth-order valence-electron chi connectivity index (χ4n) is 3.77. The van der Waals surface area contributed by atoms with E-state index in [2.05, 4.69) is 5.32 Å². The molecule has 0 spiro atoms. The summed E-state index contributed by atoms with van der Waals surface area (Å²) < 4.78 is 10.1. The summed E-state index contributed by atoms with van der Waals surface area (Å²) in [5, 5.41) is 2.84. The van der Waals surface area contributed by atoms with Crippen molar-refractivity contribution in [1.29, 1.82) is 0 Å². The number of hydrogen-bond acceptors (Lipinski definition) is 6. The van der Waals surface area contributed by atoms with Gasteiger partial charge in [0.05, 0.1) is 13.0 Å². The van der Waals surface area contributed by atoms with Crippen LogP contribution in [0.5, 0.6) is 0 Å². The Balaban J connectivity index is 1.35. The van der Waals surface area contributed by atoms with Crippen LogP contribution < -0.4 is 10.2 Å². The van der Waals surface area contributed by atoms with Gasteiger partial charge in [-0.2, -0.15) is 0 Å². The van der Waals surface area contributed by atoms with Crippen LogP contribution in [0.2, 0.25) is 0 Å². The first kappa shape index (κ1) is 22.6. The molecule has 0 unspecified atom stereocenters. The average molecular weight is 431 g/mol. The van der Waals surface area contributed by atoms with E-state index >= 15 is 0 Å². The maximum Gasteiger partial charge on any atom is 0.409 e.